The monoisotopic (exact) mass is 454 g/mol. The minimum atomic E-state index is -0.700. The number of aliphatic carboxylic acids is 1. The van der Waals surface area contributed by atoms with Crippen LogP contribution in [-0.2, 0) is 4.79 Å². The SMILES string of the molecule is COc1ccc(Br)cc1C(c1cnc2ccccc2c1)N1CCC(C(=O)O)CC1. The molecule has 2 heterocycles. The summed E-state index contributed by atoms with van der Waals surface area (Å²) in [4.78, 5) is 18.4. The van der Waals surface area contributed by atoms with Gasteiger partial charge in [-0.1, -0.05) is 34.1 Å². The number of piperidine rings is 1. The standard InChI is InChI=1S/C23H23BrN2O3/c1-29-21-7-6-18(24)13-19(21)22(26-10-8-15(9-11-26)23(27)28)17-12-16-4-2-3-5-20(16)25-14-17/h2-7,12-15,22H,8-11H2,1H3,(H,27,28). The van der Waals surface area contributed by atoms with Crippen molar-refractivity contribution in [2.75, 3.05) is 20.2 Å². The number of ether oxygens (including phenoxy) is 1. The molecule has 1 aliphatic heterocycles. The van der Waals surface area contributed by atoms with E-state index in [9.17, 15) is 9.90 Å². The van der Waals surface area contributed by atoms with Crippen molar-refractivity contribution < 1.29 is 14.6 Å². The number of methoxy groups -OCH3 is 1. The molecule has 1 aromatic heterocycles. The molecule has 0 bridgehead atoms. The highest BCUT2D eigenvalue weighted by atomic mass is 79.9. The second-order valence-electron chi connectivity index (χ2n) is 7.40. The fourth-order valence-corrected chi connectivity index (χ4v) is 4.53. The molecule has 0 spiro atoms. The minimum absolute atomic E-state index is 0.0608. The minimum Gasteiger partial charge on any atom is -0.496 e. The van der Waals surface area contributed by atoms with Crippen LogP contribution in [0.4, 0.5) is 0 Å². The quantitative estimate of drug-likeness (QED) is 0.594. The summed E-state index contributed by atoms with van der Waals surface area (Å²) in [7, 11) is 1.68. The Morgan fingerprint density at radius 2 is 1.97 bits per heavy atom. The summed E-state index contributed by atoms with van der Waals surface area (Å²) in [6.45, 7) is 1.42. The molecule has 1 N–H and O–H groups in total. The van der Waals surface area contributed by atoms with Crippen LogP contribution in [0.15, 0.2) is 59.2 Å². The van der Waals surface area contributed by atoms with Gasteiger partial charge in [0.15, 0.2) is 0 Å². The first-order valence-corrected chi connectivity index (χ1v) is 10.5. The van der Waals surface area contributed by atoms with Crippen LogP contribution in [-0.4, -0.2) is 41.2 Å². The maximum atomic E-state index is 11.4. The van der Waals surface area contributed by atoms with Crippen molar-refractivity contribution in [2.45, 2.75) is 18.9 Å². The molecule has 6 heteroatoms. The van der Waals surface area contributed by atoms with Crippen molar-refractivity contribution in [3.8, 4) is 5.75 Å². The summed E-state index contributed by atoms with van der Waals surface area (Å²) in [5, 5.41) is 10.5. The Labute approximate surface area is 178 Å². The summed E-state index contributed by atoms with van der Waals surface area (Å²) in [5.74, 6) is -0.161. The van der Waals surface area contributed by atoms with Gasteiger partial charge in [-0.2, -0.15) is 0 Å². The van der Waals surface area contributed by atoms with E-state index in [1.807, 2.05) is 36.5 Å². The number of carboxylic acid groups (broad SMARTS) is 1. The van der Waals surface area contributed by atoms with Crippen LogP contribution < -0.4 is 4.74 Å². The Balaban J connectivity index is 1.79. The van der Waals surface area contributed by atoms with E-state index in [0.29, 0.717) is 25.9 Å². The van der Waals surface area contributed by atoms with Crippen LogP contribution in [0.25, 0.3) is 10.9 Å². The topological polar surface area (TPSA) is 62.7 Å². The molecular formula is C23H23BrN2O3. The Morgan fingerprint density at radius 3 is 2.69 bits per heavy atom. The first-order valence-electron chi connectivity index (χ1n) is 9.72. The molecule has 1 fully saturated rings. The van der Waals surface area contributed by atoms with Gasteiger partial charge in [-0.15, -0.1) is 0 Å². The molecule has 2 aromatic carbocycles. The largest absolute Gasteiger partial charge is 0.496 e. The molecule has 3 aromatic rings. The third-order valence-electron chi connectivity index (χ3n) is 5.66. The highest BCUT2D eigenvalue weighted by molar-refractivity contribution is 9.10. The van der Waals surface area contributed by atoms with Gasteiger partial charge in [0.25, 0.3) is 0 Å². The average molecular weight is 455 g/mol. The summed E-state index contributed by atoms with van der Waals surface area (Å²) < 4.78 is 6.66. The number of fused-ring (bicyclic) bond motifs is 1. The van der Waals surface area contributed by atoms with Gasteiger partial charge in [-0.25, -0.2) is 0 Å². The van der Waals surface area contributed by atoms with Gasteiger partial charge in [0.05, 0.1) is 24.6 Å². The van der Waals surface area contributed by atoms with Crippen LogP contribution in [0.5, 0.6) is 5.75 Å². The van der Waals surface area contributed by atoms with Crippen LogP contribution in [0, 0.1) is 5.92 Å². The van der Waals surface area contributed by atoms with Crippen LogP contribution in [0.2, 0.25) is 0 Å². The zero-order chi connectivity index (χ0) is 20.4. The second kappa shape index (κ2) is 8.51. The van der Waals surface area contributed by atoms with Crippen LogP contribution in [0.1, 0.15) is 30.0 Å². The Bertz CT molecular complexity index is 1030. The predicted molar refractivity (Wildman–Crippen MR) is 116 cm³/mol. The molecule has 4 rings (SSSR count). The number of carboxylic acids is 1. The predicted octanol–water partition coefficient (Wildman–Crippen LogP) is 4.89. The highest BCUT2D eigenvalue weighted by Crippen LogP contribution is 2.39. The van der Waals surface area contributed by atoms with Crippen LogP contribution in [0.3, 0.4) is 0 Å². The zero-order valence-corrected chi connectivity index (χ0v) is 17.8. The molecule has 29 heavy (non-hydrogen) atoms. The van der Waals surface area contributed by atoms with Gasteiger partial charge in [0.1, 0.15) is 5.75 Å². The smallest absolute Gasteiger partial charge is 0.306 e. The Hall–Kier alpha value is -2.44. The second-order valence-corrected chi connectivity index (χ2v) is 8.31. The van der Waals surface area contributed by atoms with Gasteiger partial charge in [0.2, 0.25) is 0 Å². The van der Waals surface area contributed by atoms with E-state index in [1.54, 1.807) is 7.11 Å². The fourth-order valence-electron chi connectivity index (χ4n) is 4.15. The molecular weight excluding hydrogens is 432 g/mol. The molecule has 0 radical (unpaired) electrons. The first-order chi connectivity index (χ1) is 14.1. The number of rotatable bonds is 5. The van der Waals surface area contributed by atoms with E-state index < -0.39 is 5.97 Å². The van der Waals surface area contributed by atoms with Crippen molar-refractivity contribution in [3.63, 3.8) is 0 Å². The number of nitrogens with zero attached hydrogens (tertiary/aromatic N) is 2. The molecule has 150 valence electrons. The normalized spacial score (nSPS) is 16.6. The van der Waals surface area contributed by atoms with Gasteiger partial charge in [-0.3, -0.25) is 14.7 Å². The number of hydrogen-bond donors (Lipinski definition) is 1. The summed E-state index contributed by atoms with van der Waals surface area (Å²) in [6.07, 6.45) is 3.21. The third-order valence-corrected chi connectivity index (χ3v) is 6.15. The van der Waals surface area contributed by atoms with Crippen molar-refractivity contribution in [1.29, 1.82) is 0 Å². The summed E-state index contributed by atoms with van der Waals surface area (Å²) in [6, 6.07) is 16.2. The molecule has 0 amide bonds. The lowest BCUT2D eigenvalue weighted by Gasteiger charge is -2.37. The van der Waals surface area contributed by atoms with E-state index in [-0.39, 0.29) is 12.0 Å². The molecule has 1 aliphatic rings. The molecule has 1 atom stereocenters. The highest BCUT2D eigenvalue weighted by Gasteiger charge is 2.32. The fraction of sp³-hybridized carbons (Fsp3) is 0.304. The number of hydrogen-bond acceptors (Lipinski definition) is 4. The molecule has 0 aliphatic carbocycles. The number of pyridine rings is 1. The molecule has 1 unspecified atom stereocenters. The maximum absolute atomic E-state index is 11.4. The van der Waals surface area contributed by atoms with E-state index in [2.05, 4.69) is 44.0 Å². The van der Waals surface area contributed by atoms with E-state index in [1.165, 1.54) is 0 Å². The summed E-state index contributed by atoms with van der Waals surface area (Å²) >= 11 is 3.59. The lowest BCUT2D eigenvalue weighted by atomic mass is 9.91. The number of aromatic nitrogens is 1. The van der Waals surface area contributed by atoms with Crippen LogP contribution >= 0.6 is 15.9 Å². The zero-order valence-electron chi connectivity index (χ0n) is 16.2. The lowest BCUT2D eigenvalue weighted by Crippen LogP contribution is -2.39. The number of benzene rings is 2. The van der Waals surface area contributed by atoms with Crippen molar-refractivity contribution in [3.05, 3.63) is 70.3 Å². The molecule has 1 saturated heterocycles. The van der Waals surface area contributed by atoms with Crippen molar-refractivity contribution in [2.24, 2.45) is 5.92 Å². The van der Waals surface area contributed by atoms with E-state index in [4.69, 9.17) is 4.74 Å². The van der Waals surface area contributed by atoms with Gasteiger partial charge in [0, 0.05) is 21.6 Å². The van der Waals surface area contributed by atoms with Crippen molar-refractivity contribution in [1.82, 2.24) is 9.88 Å². The third kappa shape index (κ3) is 4.14. The Kier molecular flexibility index (Phi) is 5.83. The molecule has 0 saturated carbocycles. The van der Waals surface area contributed by atoms with Crippen molar-refractivity contribution >= 4 is 32.8 Å². The average Bonchev–Trinajstić information content (AvgIpc) is 2.74. The lowest BCUT2D eigenvalue weighted by molar-refractivity contribution is -0.143. The van der Waals surface area contributed by atoms with E-state index >= 15 is 0 Å². The number of likely N-dealkylation sites (tertiary alicyclic amines) is 1. The summed E-state index contributed by atoms with van der Waals surface area (Å²) in [5.41, 5.74) is 3.09. The maximum Gasteiger partial charge on any atom is 0.306 e. The Morgan fingerprint density at radius 1 is 1.21 bits per heavy atom. The van der Waals surface area contributed by atoms with E-state index in [0.717, 1.165) is 32.3 Å². The number of carbonyl (C=O) groups is 1. The van der Waals surface area contributed by atoms with Gasteiger partial charge in [-0.05, 0) is 61.8 Å². The number of para-hydroxylation sites is 1. The van der Waals surface area contributed by atoms with Gasteiger partial charge >= 0.3 is 5.97 Å². The van der Waals surface area contributed by atoms with Gasteiger partial charge < -0.3 is 9.84 Å². The number of halogens is 1. The first kappa shape index (κ1) is 19.9. The molecule has 5 nitrogen and oxygen atoms in total.